The number of ether oxygens (including phenoxy) is 1. The molecule has 1 saturated carbocycles. The molecule has 7 nitrogen and oxygen atoms in total. The van der Waals surface area contributed by atoms with Gasteiger partial charge in [-0.05, 0) is 81.5 Å². The number of nitrogens with one attached hydrogen (secondary N) is 1. The first kappa shape index (κ1) is 28.1. The highest BCUT2D eigenvalue weighted by Crippen LogP contribution is 2.37. The molecule has 1 aliphatic carbocycles. The van der Waals surface area contributed by atoms with Crippen molar-refractivity contribution in [2.75, 3.05) is 11.6 Å². The number of esters is 1. The molecular weight excluding hydrogens is 518 g/mol. The van der Waals surface area contributed by atoms with Crippen molar-refractivity contribution in [1.82, 2.24) is 10.2 Å². The first-order chi connectivity index (χ1) is 18.1. The van der Waals surface area contributed by atoms with Crippen LogP contribution in [0.2, 0.25) is 0 Å². The van der Waals surface area contributed by atoms with Crippen molar-refractivity contribution < 1.29 is 18.5 Å². The Bertz CT molecular complexity index is 1260. The third-order valence-corrected chi connectivity index (χ3v) is 8.90. The minimum absolute atomic E-state index is 0.114. The van der Waals surface area contributed by atoms with Gasteiger partial charge in [0.15, 0.2) is 0 Å². The molecule has 0 aliphatic heterocycles. The topological polar surface area (TPSA) is 98.3 Å². The molecule has 0 saturated heterocycles. The second kappa shape index (κ2) is 12.3. The summed E-state index contributed by atoms with van der Waals surface area (Å²) in [7, 11) is -1.18. The number of anilines is 1. The van der Waals surface area contributed by atoms with Gasteiger partial charge in [-0.1, -0.05) is 53.8 Å². The summed E-state index contributed by atoms with van der Waals surface area (Å²) < 4.78 is 17.9. The van der Waals surface area contributed by atoms with E-state index in [1.54, 1.807) is 6.26 Å². The second-order valence-corrected chi connectivity index (χ2v) is 13.3. The van der Waals surface area contributed by atoms with Gasteiger partial charge in [-0.15, -0.1) is 10.2 Å². The molecule has 202 valence electrons. The standard InChI is InChI=1S/C29H35N3O4S2/c1-29(2,3)36-24(33)18-19-10-12-20(13-11-19)21-14-16-23(17-15-21)26(34)30-28-32-31-27(37-28)25(38(4)35)22-8-6-5-7-9-22/h5-9,14-17,19-20,25H,10-13,18H2,1-4H3,(H,30,32,34). The van der Waals surface area contributed by atoms with Gasteiger partial charge in [-0.25, -0.2) is 0 Å². The molecule has 2 atom stereocenters. The molecule has 2 unspecified atom stereocenters. The predicted octanol–water partition coefficient (Wildman–Crippen LogP) is 6.26. The Hall–Kier alpha value is -2.91. The quantitative estimate of drug-likeness (QED) is 0.331. The van der Waals surface area contributed by atoms with Crippen LogP contribution < -0.4 is 5.32 Å². The van der Waals surface area contributed by atoms with Crippen LogP contribution in [0.3, 0.4) is 0 Å². The fourth-order valence-corrected chi connectivity index (χ4v) is 7.06. The fourth-order valence-electron chi connectivity index (χ4n) is 4.89. The van der Waals surface area contributed by atoms with Crippen molar-refractivity contribution in [3.05, 3.63) is 76.3 Å². The van der Waals surface area contributed by atoms with E-state index in [0.29, 0.717) is 34.0 Å². The lowest BCUT2D eigenvalue weighted by Gasteiger charge is -2.29. The molecule has 0 radical (unpaired) electrons. The van der Waals surface area contributed by atoms with Crippen molar-refractivity contribution >= 4 is 39.1 Å². The summed E-state index contributed by atoms with van der Waals surface area (Å²) in [5.41, 5.74) is 2.22. The SMILES string of the molecule is CS(=O)C(c1ccccc1)c1nnc(NC(=O)c2ccc(C3CCC(CC(=O)OC(C)(C)C)CC3)cc2)s1. The third kappa shape index (κ3) is 7.57. The van der Waals surface area contributed by atoms with E-state index in [1.165, 1.54) is 16.9 Å². The lowest BCUT2D eigenvalue weighted by atomic mass is 9.77. The fraction of sp³-hybridized carbons (Fsp3) is 0.448. The van der Waals surface area contributed by atoms with Crippen molar-refractivity contribution in [1.29, 1.82) is 0 Å². The number of hydrogen-bond acceptors (Lipinski definition) is 7. The van der Waals surface area contributed by atoms with Crippen LogP contribution in [-0.2, 0) is 20.3 Å². The molecular formula is C29H35N3O4S2. The summed E-state index contributed by atoms with van der Waals surface area (Å²) >= 11 is 1.24. The number of amides is 1. The smallest absolute Gasteiger partial charge is 0.306 e. The molecule has 1 heterocycles. The summed E-state index contributed by atoms with van der Waals surface area (Å²) in [4.78, 5) is 25.0. The van der Waals surface area contributed by atoms with Crippen LogP contribution in [0.25, 0.3) is 0 Å². The molecule has 1 fully saturated rings. The van der Waals surface area contributed by atoms with Crippen molar-refractivity contribution in [2.24, 2.45) is 5.92 Å². The molecule has 1 aromatic heterocycles. The van der Waals surface area contributed by atoms with Crippen LogP contribution in [0, 0.1) is 5.92 Å². The number of rotatable bonds is 8. The Morgan fingerprint density at radius 2 is 1.68 bits per heavy atom. The van der Waals surface area contributed by atoms with Crippen LogP contribution in [0.4, 0.5) is 5.13 Å². The number of aromatic nitrogens is 2. The van der Waals surface area contributed by atoms with Crippen molar-refractivity contribution in [3.8, 4) is 0 Å². The summed E-state index contributed by atoms with van der Waals surface area (Å²) in [5, 5.41) is 11.7. The van der Waals surface area contributed by atoms with E-state index < -0.39 is 21.7 Å². The third-order valence-electron chi connectivity index (χ3n) is 6.69. The van der Waals surface area contributed by atoms with E-state index in [2.05, 4.69) is 15.5 Å². The Morgan fingerprint density at radius 1 is 1.03 bits per heavy atom. The van der Waals surface area contributed by atoms with Gasteiger partial charge in [0.25, 0.3) is 5.91 Å². The van der Waals surface area contributed by atoms with E-state index in [9.17, 15) is 13.8 Å². The zero-order chi connectivity index (χ0) is 27.3. The monoisotopic (exact) mass is 553 g/mol. The second-order valence-electron chi connectivity index (χ2n) is 10.8. The largest absolute Gasteiger partial charge is 0.460 e. The summed E-state index contributed by atoms with van der Waals surface area (Å²) in [5.74, 6) is 0.429. The normalized spacial score (nSPS) is 19.4. The van der Waals surface area contributed by atoms with Gasteiger partial charge in [-0.2, -0.15) is 0 Å². The van der Waals surface area contributed by atoms with E-state index in [4.69, 9.17) is 4.74 Å². The minimum Gasteiger partial charge on any atom is -0.460 e. The highest BCUT2D eigenvalue weighted by Gasteiger charge is 2.27. The Morgan fingerprint density at radius 3 is 2.29 bits per heavy atom. The number of carbonyl (C=O) groups excluding carboxylic acids is 2. The maximum atomic E-state index is 12.9. The molecule has 0 bridgehead atoms. The predicted molar refractivity (Wildman–Crippen MR) is 152 cm³/mol. The van der Waals surface area contributed by atoms with Crippen LogP contribution in [0.1, 0.15) is 90.5 Å². The van der Waals surface area contributed by atoms with Crippen LogP contribution in [-0.4, -0.2) is 38.1 Å². The van der Waals surface area contributed by atoms with Gasteiger partial charge in [0.1, 0.15) is 15.9 Å². The Labute approximate surface area is 230 Å². The molecule has 2 aromatic carbocycles. The summed E-state index contributed by atoms with van der Waals surface area (Å²) in [6, 6.07) is 17.3. The van der Waals surface area contributed by atoms with Gasteiger partial charge >= 0.3 is 5.97 Å². The molecule has 4 rings (SSSR count). The first-order valence-electron chi connectivity index (χ1n) is 12.9. The molecule has 0 spiro atoms. The molecule has 3 aromatic rings. The van der Waals surface area contributed by atoms with Crippen LogP contribution in [0.5, 0.6) is 0 Å². The average molecular weight is 554 g/mol. The summed E-state index contributed by atoms with van der Waals surface area (Å²) in [6.45, 7) is 5.69. The van der Waals surface area contributed by atoms with E-state index in [0.717, 1.165) is 31.2 Å². The number of benzene rings is 2. The number of nitrogens with zero attached hydrogens (tertiary/aromatic N) is 2. The molecule has 1 aliphatic rings. The van der Waals surface area contributed by atoms with Gasteiger partial charge in [0.05, 0.1) is 0 Å². The van der Waals surface area contributed by atoms with Gasteiger partial charge in [0, 0.05) is 29.0 Å². The Kier molecular flexibility index (Phi) is 9.10. The first-order valence-corrected chi connectivity index (χ1v) is 15.4. The maximum Gasteiger partial charge on any atom is 0.306 e. The molecule has 38 heavy (non-hydrogen) atoms. The Balaban J connectivity index is 1.32. The van der Waals surface area contributed by atoms with Crippen LogP contribution >= 0.6 is 11.3 Å². The van der Waals surface area contributed by atoms with E-state index in [1.807, 2.05) is 75.4 Å². The zero-order valence-corrected chi connectivity index (χ0v) is 23.9. The van der Waals surface area contributed by atoms with Gasteiger partial charge in [0.2, 0.25) is 5.13 Å². The average Bonchev–Trinajstić information content (AvgIpc) is 3.31. The lowest BCUT2D eigenvalue weighted by Crippen LogP contribution is -2.26. The van der Waals surface area contributed by atoms with E-state index >= 15 is 0 Å². The highest BCUT2D eigenvalue weighted by molar-refractivity contribution is 7.84. The molecule has 1 N–H and O–H groups in total. The number of hydrogen-bond donors (Lipinski definition) is 1. The minimum atomic E-state index is -1.18. The lowest BCUT2D eigenvalue weighted by molar-refractivity contribution is -0.156. The van der Waals surface area contributed by atoms with Crippen LogP contribution in [0.15, 0.2) is 54.6 Å². The van der Waals surface area contributed by atoms with Gasteiger partial charge < -0.3 is 4.74 Å². The highest BCUT2D eigenvalue weighted by atomic mass is 32.2. The zero-order valence-electron chi connectivity index (χ0n) is 22.3. The van der Waals surface area contributed by atoms with Gasteiger partial charge in [-0.3, -0.25) is 19.1 Å². The van der Waals surface area contributed by atoms with E-state index in [-0.39, 0.29) is 11.9 Å². The number of carbonyl (C=O) groups is 2. The molecule has 9 heteroatoms. The maximum absolute atomic E-state index is 12.9. The van der Waals surface area contributed by atoms with Crippen molar-refractivity contribution in [2.45, 2.75) is 69.6 Å². The summed E-state index contributed by atoms with van der Waals surface area (Å²) in [6.07, 6.45) is 6.17. The molecule has 1 amide bonds. The van der Waals surface area contributed by atoms with Crippen molar-refractivity contribution in [3.63, 3.8) is 0 Å².